The number of nitro groups is 1. The Balaban J connectivity index is 1.89. The van der Waals surface area contributed by atoms with Crippen molar-refractivity contribution in [3.05, 3.63) is 22.1 Å². The van der Waals surface area contributed by atoms with Crippen LogP contribution < -0.4 is 5.32 Å². The number of nitrogens with one attached hydrogen (secondary N) is 1. The molecule has 1 heterocycles. The fourth-order valence-electron chi connectivity index (χ4n) is 2.96. The van der Waals surface area contributed by atoms with Gasteiger partial charge in [-0.2, -0.15) is 0 Å². The molecule has 8 heteroatoms. The number of aliphatic hydroxyl groups excluding tert-OH is 1. The van der Waals surface area contributed by atoms with Gasteiger partial charge in [0.25, 0.3) is 0 Å². The highest BCUT2D eigenvalue weighted by Crippen LogP contribution is 2.37. The fraction of sp³-hybridized carbons (Fsp3) is 0.714. The van der Waals surface area contributed by atoms with E-state index in [2.05, 4.69) is 10.3 Å². The molecular formula is C14H22N4O4. The average Bonchev–Trinajstić information content (AvgIpc) is 3.01. The number of carbonyl (C=O) groups is 1. The first-order valence-corrected chi connectivity index (χ1v) is 7.44. The lowest BCUT2D eigenvalue weighted by molar-refractivity contribution is -0.389. The van der Waals surface area contributed by atoms with Crippen LogP contribution in [0.2, 0.25) is 0 Å². The molecule has 0 bridgehead atoms. The molecule has 0 spiro atoms. The molecular weight excluding hydrogens is 288 g/mol. The van der Waals surface area contributed by atoms with Crippen LogP contribution in [0.25, 0.3) is 0 Å². The average molecular weight is 310 g/mol. The van der Waals surface area contributed by atoms with E-state index >= 15 is 0 Å². The van der Waals surface area contributed by atoms with Crippen LogP contribution in [0.4, 0.5) is 5.82 Å². The predicted molar refractivity (Wildman–Crippen MR) is 79.2 cm³/mol. The second-order valence-electron chi connectivity index (χ2n) is 6.17. The van der Waals surface area contributed by atoms with Crippen LogP contribution in [-0.4, -0.2) is 38.1 Å². The van der Waals surface area contributed by atoms with Crippen molar-refractivity contribution in [2.45, 2.75) is 52.1 Å². The first-order valence-electron chi connectivity index (χ1n) is 7.44. The van der Waals surface area contributed by atoms with Crippen molar-refractivity contribution in [2.75, 3.05) is 6.61 Å². The molecule has 0 aliphatic heterocycles. The van der Waals surface area contributed by atoms with Crippen LogP contribution in [-0.2, 0) is 11.3 Å². The molecule has 1 aliphatic rings. The van der Waals surface area contributed by atoms with Gasteiger partial charge in [0.2, 0.25) is 11.7 Å². The third-order valence-electron chi connectivity index (χ3n) is 4.51. The maximum absolute atomic E-state index is 12.1. The minimum Gasteiger partial charge on any atom is -0.396 e. The van der Waals surface area contributed by atoms with Crippen molar-refractivity contribution < 1.29 is 14.8 Å². The van der Waals surface area contributed by atoms with Crippen LogP contribution in [0, 0.1) is 22.5 Å². The van der Waals surface area contributed by atoms with Crippen molar-refractivity contribution >= 4 is 11.7 Å². The smallest absolute Gasteiger partial charge is 0.381 e. The summed E-state index contributed by atoms with van der Waals surface area (Å²) in [4.78, 5) is 26.0. The maximum atomic E-state index is 12.1. The Kier molecular flexibility index (Phi) is 4.80. The van der Waals surface area contributed by atoms with Gasteiger partial charge in [0.15, 0.2) is 0 Å². The van der Waals surface area contributed by atoms with E-state index in [1.54, 1.807) is 11.5 Å². The summed E-state index contributed by atoms with van der Waals surface area (Å²) in [7, 11) is 0. The summed E-state index contributed by atoms with van der Waals surface area (Å²) in [5.41, 5.74) is -0.251. The summed E-state index contributed by atoms with van der Waals surface area (Å²) >= 11 is 0. The number of imidazole rings is 1. The number of hydrogen-bond acceptors (Lipinski definition) is 5. The predicted octanol–water partition coefficient (Wildman–Crippen LogP) is 1.16. The van der Waals surface area contributed by atoms with Gasteiger partial charge in [0.05, 0.1) is 6.61 Å². The molecule has 22 heavy (non-hydrogen) atoms. The SMILES string of the molecule is Cc1nc([N+](=O)[O-])cn1CCC(=O)NC1CCCC1(C)CO. The molecule has 1 amide bonds. The fourth-order valence-corrected chi connectivity index (χ4v) is 2.96. The van der Waals surface area contributed by atoms with Crippen molar-refractivity contribution in [1.29, 1.82) is 0 Å². The summed E-state index contributed by atoms with van der Waals surface area (Å²) in [5, 5.41) is 23.1. The van der Waals surface area contributed by atoms with Crippen LogP contribution in [0.3, 0.4) is 0 Å². The largest absolute Gasteiger partial charge is 0.396 e. The van der Waals surface area contributed by atoms with Gasteiger partial charge < -0.3 is 25.1 Å². The van der Waals surface area contributed by atoms with Crippen molar-refractivity contribution in [3.63, 3.8) is 0 Å². The lowest BCUT2D eigenvalue weighted by Gasteiger charge is -2.30. The van der Waals surface area contributed by atoms with Crippen LogP contribution in [0.1, 0.15) is 38.4 Å². The Morgan fingerprint density at radius 1 is 1.68 bits per heavy atom. The monoisotopic (exact) mass is 310 g/mol. The molecule has 1 aromatic rings. The van der Waals surface area contributed by atoms with Gasteiger partial charge in [-0.1, -0.05) is 13.3 Å². The number of carbonyl (C=O) groups excluding carboxylic acids is 1. The number of amides is 1. The second-order valence-corrected chi connectivity index (χ2v) is 6.17. The van der Waals surface area contributed by atoms with Crippen LogP contribution >= 0.6 is 0 Å². The molecule has 1 fully saturated rings. The zero-order chi connectivity index (χ0) is 16.3. The van der Waals surface area contributed by atoms with Crippen molar-refractivity contribution in [2.24, 2.45) is 5.41 Å². The Morgan fingerprint density at radius 2 is 2.41 bits per heavy atom. The molecule has 1 aromatic heterocycles. The van der Waals surface area contributed by atoms with Gasteiger partial charge in [0, 0.05) is 31.3 Å². The highest BCUT2D eigenvalue weighted by molar-refractivity contribution is 5.76. The van der Waals surface area contributed by atoms with Gasteiger partial charge in [-0.3, -0.25) is 4.79 Å². The van der Waals surface area contributed by atoms with E-state index in [4.69, 9.17) is 0 Å². The molecule has 0 saturated heterocycles. The Labute approximate surface area is 128 Å². The number of rotatable bonds is 6. The Morgan fingerprint density at radius 3 is 3.00 bits per heavy atom. The summed E-state index contributed by atoms with van der Waals surface area (Å²) in [5.74, 6) is 0.199. The molecule has 1 saturated carbocycles. The molecule has 122 valence electrons. The number of aliphatic hydroxyl groups is 1. The molecule has 2 atom stereocenters. The second kappa shape index (κ2) is 6.43. The van der Waals surface area contributed by atoms with E-state index in [-0.39, 0.29) is 36.2 Å². The topological polar surface area (TPSA) is 110 Å². The molecule has 0 aromatic carbocycles. The first-order chi connectivity index (χ1) is 10.4. The van der Waals surface area contributed by atoms with E-state index < -0.39 is 4.92 Å². The molecule has 2 rings (SSSR count). The van der Waals surface area contributed by atoms with Crippen molar-refractivity contribution in [1.82, 2.24) is 14.9 Å². The number of aromatic nitrogens is 2. The maximum Gasteiger partial charge on any atom is 0.381 e. The molecule has 8 nitrogen and oxygen atoms in total. The standard InChI is InChI=1S/C14H22N4O4/c1-10-15-12(18(21)22)8-17(10)7-5-13(20)16-11-4-3-6-14(11,2)9-19/h8,11,19H,3-7,9H2,1-2H3,(H,16,20). The summed E-state index contributed by atoms with van der Waals surface area (Å²) in [6.45, 7) is 4.06. The van der Waals surface area contributed by atoms with Gasteiger partial charge in [-0.25, -0.2) is 0 Å². The molecule has 1 aliphatic carbocycles. The van der Waals surface area contributed by atoms with Gasteiger partial charge >= 0.3 is 5.82 Å². The zero-order valence-corrected chi connectivity index (χ0v) is 12.9. The lowest BCUT2D eigenvalue weighted by atomic mass is 9.86. The third kappa shape index (κ3) is 3.44. The molecule has 0 radical (unpaired) electrons. The summed E-state index contributed by atoms with van der Waals surface area (Å²) in [6, 6.07) is -0.0109. The van der Waals surface area contributed by atoms with E-state index in [0.29, 0.717) is 12.4 Å². The Bertz CT molecular complexity index is 571. The first kappa shape index (κ1) is 16.4. The Hall–Kier alpha value is -1.96. The van der Waals surface area contributed by atoms with E-state index in [9.17, 15) is 20.0 Å². The number of hydrogen-bond donors (Lipinski definition) is 2. The minimum absolute atomic E-state index is 0.0109. The van der Waals surface area contributed by atoms with Gasteiger partial charge in [0.1, 0.15) is 6.20 Å². The number of aryl methyl sites for hydroxylation is 2. The quantitative estimate of drug-likeness (QED) is 0.605. The van der Waals surface area contributed by atoms with Gasteiger partial charge in [-0.15, -0.1) is 0 Å². The van der Waals surface area contributed by atoms with E-state index in [1.165, 1.54) is 6.20 Å². The summed E-state index contributed by atoms with van der Waals surface area (Å²) in [6.07, 6.45) is 4.34. The molecule has 2 N–H and O–H groups in total. The zero-order valence-electron chi connectivity index (χ0n) is 12.9. The minimum atomic E-state index is -0.547. The van der Waals surface area contributed by atoms with Crippen molar-refractivity contribution in [3.8, 4) is 0 Å². The van der Waals surface area contributed by atoms with E-state index in [1.807, 2.05) is 6.92 Å². The highest BCUT2D eigenvalue weighted by atomic mass is 16.6. The highest BCUT2D eigenvalue weighted by Gasteiger charge is 2.38. The van der Waals surface area contributed by atoms with Gasteiger partial charge in [-0.05, 0) is 22.7 Å². The van der Waals surface area contributed by atoms with Crippen LogP contribution in [0.15, 0.2) is 6.20 Å². The van der Waals surface area contributed by atoms with E-state index in [0.717, 1.165) is 19.3 Å². The normalized spacial score (nSPS) is 24.4. The third-order valence-corrected chi connectivity index (χ3v) is 4.51. The molecule has 2 unspecified atom stereocenters. The summed E-state index contributed by atoms with van der Waals surface area (Å²) < 4.78 is 1.61. The number of nitrogens with zero attached hydrogens (tertiary/aromatic N) is 3. The lowest BCUT2D eigenvalue weighted by Crippen LogP contribution is -2.44. The van der Waals surface area contributed by atoms with Crippen LogP contribution in [0.5, 0.6) is 0 Å².